The van der Waals surface area contributed by atoms with Crippen molar-refractivity contribution >= 4 is 17.5 Å². The average Bonchev–Trinajstić information content (AvgIpc) is 2.68. The number of morpholine rings is 1. The van der Waals surface area contributed by atoms with Crippen LogP contribution in [-0.2, 0) is 14.3 Å². The first kappa shape index (κ1) is 18.7. The van der Waals surface area contributed by atoms with Crippen molar-refractivity contribution in [2.45, 2.75) is 19.4 Å². The van der Waals surface area contributed by atoms with Crippen LogP contribution >= 0.6 is 0 Å². The lowest BCUT2D eigenvalue weighted by atomic mass is 9.99. The number of rotatable bonds is 4. The van der Waals surface area contributed by atoms with Gasteiger partial charge in [0.05, 0.1) is 31.5 Å². The molecule has 2 fully saturated rings. The number of anilines is 1. The Bertz CT molecular complexity index is 671. The summed E-state index contributed by atoms with van der Waals surface area (Å²) in [5.74, 6) is 0.563. The second-order valence-corrected chi connectivity index (χ2v) is 7.10. The third-order valence-electron chi connectivity index (χ3n) is 5.21. The fourth-order valence-corrected chi connectivity index (χ4v) is 3.60. The molecule has 0 spiro atoms. The number of methoxy groups -OCH3 is 1. The molecule has 3 rings (SSSR count). The van der Waals surface area contributed by atoms with Crippen LogP contribution in [0.25, 0.3) is 0 Å². The van der Waals surface area contributed by atoms with Gasteiger partial charge in [-0.15, -0.1) is 0 Å². The number of para-hydroxylation sites is 2. The van der Waals surface area contributed by atoms with Crippen molar-refractivity contribution < 1.29 is 19.1 Å². The molecule has 2 amide bonds. The second kappa shape index (κ2) is 7.63. The molecule has 7 heteroatoms. The van der Waals surface area contributed by atoms with Crippen molar-refractivity contribution in [2.75, 3.05) is 57.9 Å². The Balaban J connectivity index is 1.70. The summed E-state index contributed by atoms with van der Waals surface area (Å²) in [6.07, 6.45) is 0. The quantitative estimate of drug-likeness (QED) is 0.800. The molecule has 0 aromatic heterocycles. The minimum atomic E-state index is -0.642. The van der Waals surface area contributed by atoms with Crippen LogP contribution in [-0.4, -0.2) is 80.2 Å². The number of benzene rings is 1. The number of amides is 2. The van der Waals surface area contributed by atoms with Crippen molar-refractivity contribution in [3.63, 3.8) is 0 Å². The molecule has 0 radical (unpaired) electrons. The van der Waals surface area contributed by atoms with E-state index in [0.29, 0.717) is 32.1 Å². The summed E-state index contributed by atoms with van der Waals surface area (Å²) < 4.78 is 10.7. The van der Waals surface area contributed by atoms with E-state index in [1.54, 1.807) is 16.9 Å². The Hall–Kier alpha value is -2.12. The standard InChI is InChI=1S/C19H27N3O4/c1-19(2,21-10-12-26-13-11-21)18(24)20-8-9-22(17(23)14-20)15-6-4-5-7-16(15)25-3/h4-7H,8-14H2,1-3H3. The molecule has 2 aliphatic heterocycles. The summed E-state index contributed by atoms with van der Waals surface area (Å²) in [6.45, 7) is 7.65. The van der Waals surface area contributed by atoms with Crippen LogP contribution in [0.4, 0.5) is 5.69 Å². The third-order valence-corrected chi connectivity index (χ3v) is 5.21. The van der Waals surface area contributed by atoms with Crippen molar-refractivity contribution in [1.82, 2.24) is 9.80 Å². The van der Waals surface area contributed by atoms with Gasteiger partial charge in [-0.05, 0) is 26.0 Å². The van der Waals surface area contributed by atoms with E-state index in [9.17, 15) is 9.59 Å². The predicted octanol–water partition coefficient (Wildman–Crippen LogP) is 0.981. The second-order valence-electron chi connectivity index (χ2n) is 7.10. The molecule has 0 atom stereocenters. The first-order valence-corrected chi connectivity index (χ1v) is 9.00. The van der Waals surface area contributed by atoms with E-state index in [-0.39, 0.29) is 18.4 Å². The van der Waals surface area contributed by atoms with E-state index >= 15 is 0 Å². The van der Waals surface area contributed by atoms with Crippen molar-refractivity contribution in [3.8, 4) is 5.75 Å². The molecular formula is C19H27N3O4. The van der Waals surface area contributed by atoms with E-state index in [2.05, 4.69) is 4.90 Å². The van der Waals surface area contributed by atoms with Crippen LogP contribution in [0.15, 0.2) is 24.3 Å². The monoisotopic (exact) mass is 361 g/mol. The van der Waals surface area contributed by atoms with Gasteiger partial charge in [-0.2, -0.15) is 0 Å². The predicted molar refractivity (Wildman–Crippen MR) is 98.4 cm³/mol. The molecule has 142 valence electrons. The average molecular weight is 361 g/mol. The summed E-state index contributed by atoms with van der Waals surface area (Å²) in [7, 11) is 1.59. The van der Waals surface area contributed by atoms with Gasteiger partial charge in [0.25, 0.3) is 0 Å². The Morgan fingerprint density at radius 1 is 1.12 bits per heavy atom. The highest BCUT2D eigenvalue weighted by atomic mass is 16.5. The first-order valence-electron chi connectivity index (χ1n) is 9.00. The lowest BCUT2D eigenvalue weighted by molar-refractivity contribution is -0.148. The molecule has 0 bridgehead atoms. The van der Waals surface area contributed by atoms with Crippen LogP contribution in [0.3, 0.4) is 0 Å². The summed E-state index contributed by atoms with van der Waals surface area (Å²) in [6, 6.07) is 7.45. The summed E-state index contributed by atoms with van der Waals surface area (Å²) in [4.78, 5) is 31.3. The van der Waals surface area contributed by atoms with Crippen LogP contribution in [0.2, 0.25) is 0 Å². The number of carbonyl (C=O) groups excluding carboxylic acids is 2. The van der Waals surface area contributed by atoms with Crippen molar-refractivity contribution in [1.29, 1.82) is 0 Å². The highest BCUT2D eigenvalue weighted by Gasteiger charge is 2.40. The van der Waals surface area contributed by atoms with E-state index in [1.165, 1.54) is 0 Å². The number of ether oxygens (including phenoxy) is 2. The summed E-state index contributed by atoms with van der Waals surface area (Å²) in [5, 5.41) is 0. The molecular weight excluding hydrogens is 334 g/mol. The van der Waals surface area contributed by atoms with Gasteiger partial charge in [-0.25, -0.2) is 0 Å². The van der Waals surface area contributed by atoms with Gasteiger partial charge in [-0.1, -0.05) is 12.1 Å². The molecule has 0 N–H and O–H groups in total. The number of carbonyl (C=O) groups is 2. The molecule has 1 aromatic carbocycles. The lowest BCUT2D eigenvalue weighted by Crippen LogP contribution is -2.62. The summed E-state index contributed by atoms with van der Waals surface area (Å²) >= 11 is 0. The zero-order valence-electron chi connectivity index (χ0n) is 15.7. The number of hydrogen-bond donors (Lipinski definition) is 0. The molecule has 0 unspecified atom stereocenters. The maximum absolute atomic E-state index is 13.1. The van der Waals surface area contributed by atoms with E-state index < -0.39 is 5.54 Å². The molecule has 2 heterocycles. The van der Waals surface area contributed by atoms with Crippen LogP contribution < -0.4 is 9.64 Å². The number of piperazine rings is 1. The zero-order chi connectivity index (χ0) is 18.7. The van der Waals surface area contributed by atoms with Gasteiger partial charge in [0.1, 0.15) is 12.3 Å². The van der Waals surface area contributed by atoms with Gasteiger partial charge in [0.2, 0.25) is 11.8 Å². The van der Waals surface area contributed by atoms with Gasteiger partial charge in [0.15, 0.2) is 0 Å². The fraction of sp³-hybridized carbons (Fsp3) is 0.579. The Kier molecular flexibility index (Phi) is 5.48. The Labute approximate surface area is 154 Å². The SMILES string of the molecule is COc1ccccc1N1CCN(C(=O)C(C)(C)N2CCOCC2)CC1=O. The van der Waals surface area contributed by atoms with Crippen LogP contribution in [0.1, 0.15) is 13.8 Å². The van der Waals surface area contributed by atoms with E-state index in [0.717, 1.165) is 18.8 Å². The van der Waals surface area contributed by atoms with Crippen LogP contribution in [0, 0.1) is 0 Å². The molecule has 7 nitrogen and oxygen atoms in total. The van der Waals surface area contributed by atoms with Crippen molar-refractivity contribution in [3.05, 3.63) is 24.3 Å². The van der Waals surface area contributed by atoms with Gasteiger partial charge in [-0.3, -0.25) is 14.5 Å². The highest BCUT2D eigenvalue weighted by molar-refractivity contribution is 6.00. The fourth-order valence-electron chi connectivity index (χ4n) is 3.60. The maximum Gasteiger partial charge on any atom is 0.246 e. The third kappa shape index (κ3) is 3.54. The van der Waals surface area contributed by atoms with E-state index in [1.807, 2.05) is 38.1 Å². The molecule has 0 aliphatic carbocycles. The Morgan fingerprint density at radius 3 is 2.46 bits per heavy atom. The largest absolute Gasteiger partial charge is 0.495 e. The zero-order valence-corrected chi connectivity index (χ0v) is 15.7. The van der Waals surface area contributed by atoms with Crippen LogP contribution in [0.5, 0.6) is 5.75 Å². The van der Waals surface area contributed by atoms with Crippen molar-refractivity contribution in [2.24, 2.45) is 0 Å². The molecule has 2 aliphatic rings. The number of nitrogens with zero attached hydrogens (tertiary/aromatic N) is 3. The smallest absolute Gasteiger partial charge is 0.246 e. The molecule has 0 saturated carbocycles. The highest BCUT2D eigenvalue weighted by Crippen LogP contribution is 2.29. The van der Waals surface area contributed by atoms with E-state index in [4.69, 9.17) is 9.47 Å². The Morgan fingerprint density at radius 2 is 1.81 bits per heavy atom. The van der Waals surface area contributed by atoms with Gasteiger partial charge in [0, 0.05) is 26.2 Å². The molecule has 1 aromatic rings. The summed E-state index contributed by atoms with van der Waals surface area (Å²) in [5.41, 5.74) is 0.107. The number of hydrogen-bond acceptors (Lipinski definition) is 5. The lowest BCUT2D eigenvalue weighted by Gasteiger charge is -2.44. The van der Waals surface area contributed by atoms with Gasteiger partial charge < -0.3 is 19.3 Å². The minimum absolute atomic E-state index is 0.00701. The normalized spacial score (nSPS) is 19.6. The van der Waals surface area contributed by atoms with Gasteiger partial charge >= 0.3 is 0 Å². The molecule has 2 saturated heterocycles. The minimum Gasteiger partial charge on any atom is -0.495 e. The maximum atomic E-state index is 13.1. The topological polar surface area (TPSA) is 62.3 Å². The first-order chi connectivity index (χ1) is 12.4. The molecule has 26 heavy (non-hydrogen) atoms.